The molecule has 0 radical (unpaired) electrons. The molecule has 0 N–H and O–H groups in total. The number of unbranched alkanes of at least 4 members (excludes halogenated alkanes) is 12. The summed E-state index contributed by atoms with van der Waals surface area (Å²) in [7, 11) is 0. The summed E-state index contributed by atoms with van der Waals surface area (Å²) in [6.45, 7) is 2.25. The molecule has 1 heterocycles. The van der Waals surface area contributed by atoms with E-state index in [1.807, 2.05) is 0 Å². The van der Waals surface area contributed by atoms with Crippen molar-refractivity contribution in [2.75, 3.05) is 0 Å². The van der Waals surface area contributed by atoms with Crippen LogP contribution in [0.4, 0.5) is 0 Å². The molecule has 144 valence electrons. The first-order valence-electron chi connectivity index (χ1n) is 10.6. The van der Waals surface area contributed by atoms with Gasteiger partial charge in [-0.25, -0.2) is 0 Å². The zero-order valence-electron chi connectivity index (χ0n) is 16.3. The molecule has 1 aliphatic heterocycles. The lowest BCUT2D eigenvalue weighted by atomic mass is 9.99. The van der Waals surface area contributed by atoms with Crippen molar-refractivity contribution in [2.45, 2.75) is 110 Å². The zero-order valence-corrected chi connectivity index (χ0v) is 16.3. The van der Waals surface area contributed by atoms with E-state index in [0.29, 0.717) is 6.42 Å². The van der Waals surface area contributed by atoms with E-state index in [9.17, 15) is 9.59 Å². The molecule has 0 aromatic carbocycles. The molecule has 0 aromatic rings. The van der Waals surface area contributed by atoms with Gasteiger partial charge in [0.15, 0.2) is 0 Å². The van der Waals surface area contributed by atoms with Crippen molar-refractivity contribution in [3.8, 4) is 0 Å². The van der Waals surface area contributed by atoms with Gasteiger partial charge in [0.05, 0.1) is 12.3 Å². The Morgan fingerprint density at radius 2 is 1.32 bits per heavy atom. The van der Waals surface area contributed by atoms with Crippen LogP contribution in [-0.4, -0.2) is 11.9 Å². The predicted molar refractivity (Wildman–Crippen MR) is 103 cm³/mol. The lowest BCUT2D eigenvalue weighted by molar-refractivity contribution is -0.153. The number of rotatable bonds is 16. The topological polar surface area (TPSA) is 43.4 Å². The van der Waals surface area contributed by atoms with Crippen molar-refractivity contribution in [2.24, 2.45) is 5.92 Å². The van der Waals surface area contributed by atoms with E-state index in [1.54, 1.807) is 0 Å². The fourth-order valence-electron chi connectivity index (χ4n) is 3.38. The molecule has 3 nitrogen and oxygen atoms in total. The predicted octanol–water partition coefficient (Wildman–Crippen LogP) is 6.50. The van der Waals surface area contributed by atoms with Gasteiger partial charge in [-0.1, -0.05) is 83.3 Å². The SMILES string of the molecule is CCCCCC=CCCCCCCCCCCCC1CC(=O)OC1=O. The molecule has 1 rings (SSSR count). The molecule has 1 aliphatic rings. The number of hydrogen-bond donors (Lipinski definition) is 0. The number of ether oxygens (including phenoxy) is 1. The van der Waals surface area contributed by atoms with Crippen LogP contribution in [-0.2, 0) is 14.3 Å². The second kappa shape index (κ2) is 15.2. The summed E-state index contributed by atoms with van der Waals surface area (Å²) >= 11 is 0. The van der Waals surface area contributed by atoms with Crippen LogP contribution < -0.4 is 0 Å². The number of allylic oxidation sites excluding steroid dienone is 2. The van der Waals surface area contributed by atoms with Crippen LogP contribution in [0, 0.1) is 5.92 Å². The van der Waals surface area contributed by atoms with Crippen molar-refractivity contribution >= 4 is 11.9 Å². The lowest BCUT2D eigenvalue weighted by Crippen LogP contribution is -2.06. The van der Waals surface area contributed by atoms with Gasteiger partial charge in [0.1, 0.15) is 0 Å². The number of carbonyl (C=O) groups excluding carboxylic acids is 2. The van der Waals surface area contributed by atoms with Crippen LogP contribution >= 0.6 is 0 Å². The highest BCUT2D eigenvalue weighted by Gasteiger charge is 2.32. The number of hydrogen-bond acceptors (Lipinski definition) is 3. The number of carbonyl (C=O) groups is 2. The summed E-state index contributed by atoms with van der Waals surface area (Å²) in [5, 5.41) is 0. The van der Waals surface area contributed by atoms with Crippen LogP contribution in [0.5, 0.6) is 0 Å². The van der Waals surface area contributed by atoms with Crippen molar-refractivity contribution in [3.05, 3.63) is 12.2 Å². The highest BCUT2D eigenvalue weighted by molar-refractivity contribution is 5.94. The van der Waals surface area contributed by atoms with Gasteiger partial charge in [0.2, 0.25) is 0 Å². The molecule has 1 saturated heterocycles. The minimum Gasteiger partial charge on any atom is -0.393 e. The van der Waals surface area contributed by atoms with E-state index in [2.05, 4.69) is 23.8 Å². The van der Waals surface area contributed by atoms with Gasteiger partial charge in [-0.3, -0.25) is 9.59 Å². The van der Waals surface area contributed by atoms with Gasteiger partial charge >= 0.3 is 11.9 Å². The van der Waals surface area contributed by atoms with Gasteiger partial charge in [-0.15, -0.1) is 0 Å². The van der Waals surface area contributed by atoms with Crippen molar-refractivity contribution in [1.29, 1.82) is 0 Å². The van der Waals surface area contributed by atoms with Crippen LogP contribution in [0.2, 0.25) is 0 Å². The third-order valence-corrected chi connectivity index (χ3v) is 5.03. The molecular weight excluding hydrogens is 312 g/mol. The molecule has 25 heavy (non-hydrogen) atoms. The highest BCUT2D eigenvalue weighted by Crippen LogP contribution is 2.22. The summed E-state index contributed by atoms with van der Waals surface area (Å²) in [4.78, 5) is 22.3. The number of esters is 2. The molecule has 0 aliphatic carbocycles. The average molecular weight is 351 g/mol. The van der Waals surface area contributed by atoms with Gasteiger partial charge in [-0.05, 0) is 32.1 Å². The minimum absolute atomic E-state index is 0.159. The Morgan fingerprint density at radius 3 is 1.84 bits per heavy atom. The van der Waals surface area contributed by atoms with E-state index < -0.39 is 0 Å². The standard InChI is InChI=1S/C22H38O3/c1-2-3-4-5-6-7-8-9-10-11-12-13-14-15-16-17-18-20-19-21(23)25-22(20)24/h6-7,20H,2-5,8-19H2,1H3. The Kier molecular flexibility index (Phi) is 13.3. The van der Waals surface area contributed by atoms with Gasteiger partial charge in [-0.2, -0.15) is 0 Å². The third-order valence-electron chi connectivity index (χ3n) is 5.03. The lowest BCUT2D eigenvalue weighted by Gasteiger charge is -2.04. The normalized spacial score (nSPS) is 17.6. The Bertz CT molecular complexity index is 387. The van der Waals surface area contributed by atoms with Crippen molar-refractivity contribution < 1.29 is 14.3 Å². The molecule has 0 saturated carbocycles. The quantitative estimate of drug-likeness (QED) is 0.138. The largest absolute Gasteiger partial charge is 0.393 e. The zero-order chi connectivity index (χ0) is 18.2. The smallest absolute Gasteiger partial charge is 0.317 e. The molecule has 3 heteroatoms. The van der Waals surface area contributed by atoms with Crippen LogP contribution in [0.15, 0.2) is 12.2 Å². The Labute approximate surface area is 154 Å². The van der Waals surface area contributed by atoms with E-state index in [-0.39, 0.29) is 17.9 Å². The monoisotopic (exact) mass is 350 g/mol. The molecular formula is C22H38O3. The maximum absolute atomic E-state index is 11.3. The molecule has 0 spiro atoms. The Morgan fingerprint density at radius 1 is 0.800 bits per heavy atom. The van der Waals surface area contributed by atoms with Gasteiger partial charge < -0.3 is 4.74 Å². The molecule has 1 unspecified atom stereocenters. The second-order valence-electron chi connectivity index (χ2n) is 7.42. The summed E-state index contributed by atoms with van der Waals surface area (Å²) in [6, 6.07) is 0. The van der Waals surface area contributed by atoms with Gasteiger partial charge in [0, 0.05) is 0 Å². The summed E-state index contributed by atoms with van der Waals surface area (Å²) < 4.78 is 4.57. The summed E-state index contributed by atoms with van der Waals surface area (Å²) in [6.07, 6.45) is 23.8. The summed E-state index contributed by atoms with van der Waals surface area (Å²) in [5.74, 6) is -0.809. The van der Waals surface area contributed by atoms with E-state index in [4.69, 9.17) is 0 Å². The Hall–Kier alpha value is -1.12. The third kappa shape index (κ3) is 12.0. The maximum atomic E-state index is 11.3. The molecule has 1 fully saturated rings. The van der Waals surface area contributed by atoms with Gasteiger partial charge in [0.25, 0.3) is 0 Å². The molecule has 0 amide bonds. The van der Waals surface area contributed by atoms with Crippen molar-refractivity contribution in [1.82, 2.24) is 0 Å². The first-order valence-corrected chi connectivity index (χ1v) is 10.6. The van der Waals surface area contributed by atoms with Crippen LogP contribution in [0.3, 0.4) is 0 Å². The fraction of sp³-hybridized carbons (Fsp3) is 0.818. The molecule has 0 bridgehead atoms. The van der Waals surface area contributed by atoms with Crippen LogP contribution in [0.1, 0.15) is 110 Å². The summed E-state index contributed by atoms with van der Waals surface area (Å²) in [5.41, 5.74) is 0. The first-order chi connectivity index (χ1) is 12.2. The van der Waals surface area contributed by atoms with E-state index >= 15 is 0 Å². The number of cyclic esters (lactones) is 2. The average Bonchev–Trinajstić information content (AvgIpc) is 2.92. The van der Waals surface area contributed by atoms with E-state index in [0.717, 1.165) is 12.8 Å². The molecule has 1 atom stereocenters. The van der Waals surface area contributed by atoms with Crippen LogP contribution in [0.25, 0.3) is 0 Å². The maximum Gasteiger partial charge on any atom is 0.317 e. The first kappa shape index (κ1) is 21.9. The fourth-order valence-corrected chi connectivity index (χ4v) is 3.38. The second-order valence-corrected chi connectivity index (χ2v) is 7.42. The van der Waals surface area contributed by atoms with E-state index in [1.165, 1.54) is 83.5 Å². The van der Waals surface area contributed by atoms with Crippen molar-refractivity contribution in [3.63, 3.8) is 0 Å². The Balaban J connectivity index is 1.76. The molecule has 0 aromatic heterocycles. The minimum atomic E-state index is -0.345. The highest BCUT2D eigenvalue weighted by atomic mass is 16.6.